The normalized spacial score (nSPS) is 20.7. The lowest BCUT2D eigenvalue weighted by Gasteiger charge is -2.47. The Morgan fingerprint density at radius 3 is 2.37 bits per heavy atom. The molecule has 3 atom stereocenters. The maximum absolute atomic E-state index is 14.3. The minimum atomic E-state index is -4.51. The van der Waals surface area contributed by atoms with Crippen molar-refractivity contribution in [2.75, 3.05) is 40.5 Å². The van der Waals surface area contributed by atoms with Gasteiger partial charge in [-0.15, -0.1) is 0 Å². The number of piperazine rings is 1. The Labute approximate surface area is 251 Å². The third-order valence-electron chi connectivity index (χ3n) is 9.33. The van der Waals surface area contributed by atoms with Gasteiger partial charge in [0.05, 0.1) is 36.2 Å². The second-order valence-corrected chi connectivity index (χ2v) is 11.7. The fourth-order valence-electron chi connectivity index (χ4n) is 6.75. The Kier molecular flexibility index (Phi) is 9.66. The summed E-state index contributed by atoms with van der Waals surface area (Å²) in [4.78, 5) is 33.0. The molecular formula is C32H42F3N3O5. The summed E-state index contributed by atoms with van der Waals surface area (Å²) in [6, 6.07) is 7.50. The minimum absolute atomic E-state index is 0.137. The molecule has 0 bridgehead atoms. The largest absolute Gasteiger partial charge is 0.497 e. The van der Waals surface area contributed by atoms with Crippen LogP contribution in [0.2, 0.25) is 0 Å². The number of aliphatic hydroxyl groups excluding tert-OH is 2. The van der Waals surface area contributed by atoms with Gasteiger partial charge < -0.3 is 29.6 Å². The van der Waals surface area contributed by atoms with Crippen molar-refractivity contribution in [2.24, 2.45) is 5.41 Å². The van der Waals surface area contributed by atoms with Gasteiger partial charge in [0.25, 0.3) is 0 Å². The first-order chi connectivity index (χ1) is 20.3. The van der Waals surface area contributed by atoms with Gasteiger partial charge in [-0.05, 0) is 86.1 Å². The molecule has 0 saturated carbocycles. The van der Waals surface area contributed by atoms with Crippen molar-refractivity contribution >= 4 is 11.9 Å². The molecule has 0 aliphatic carbocycles. The van der Waals surface area contributed by atoms with Crippen LogP contribution in [0.1, 0.15) is 73.0 Å². The van der Waals surface area contributed by atoms with Crippen molar-refractivity contribution in [3.05, 3.63) is 64.2 Å². The molecule has 2 fully saturated rings. The second-order valence-electron chi connectivity index (χ2n) is 11.7. The first kappa shape index (κ1) is 32.6. The van der Waals surface area contributed by atoms with Gasteiger partial charge in [0.1, 0.15) is 5.75 Å². The van der Waals surface area contributed by atoms with Gasteiger partial charge in [0.15, 0.2) is 0 Å². The van der Waals surface area contributed by atoms with E-state index in [1.54, 1.807) is 49.9 Å². The zero-order valence-corrected chi connectivity index (χ0v) is 25.4. The fraction of sp³-hybridized carbons (Fsp3) is 0.562. The van der Waals surface area contributed by atoms with Gasteiger partial charge in [-0.2, -0.15) is 13.2 Å². The number of alkyl halides is 3. The average molecular weight is 606 g/mol. The molecule has 2 N–H and O–H groups in total. The number of fused-ring (bicyclic) bond motifs is 1. The van der Waals surface area contributed by atoms with Crippen LogP contribution >= 0.6 is 0 Å². The van der Waals surface area contributed by atoms with Crippen molar-refractivity contribution in [3.8, 4) is 5.75 Å². The Bertz CT molecular complexity index is 1330. The molecule has 0 radical (unpaired) electrons. The molecule has 4 rings (SSSR count). The van der Waals surface area contributed by atoms with Gasteiger partial charge in [-0.1, -0.05) is 19.1 Å². The molecule has 0 unspecified atom stereocenters. The van der Waals surface area contributed by atoms with Crippen LogP contribution in [0.15, 0.2) is 36.4 Å². The fourth-order valence-corrected chi connectivity index (χ4v) is 6.75. The number of hydrogen-bond donors (Lipinski definition) is 2. The molecular weight excluding hydrogens is 563 g/mol. The summed E-state index contributed by atoms with van der Waals surface area (Å²) in [6.07, 6.45) is -3.34. The number of hydrogen-bond acceptors (Lipinski definition) is 5. The highest BCUT2D eigenvalue weighted by Crippen LogP contribution is 2.49. The van der Waals surface area contributed by atoms with E-state index < -0.39 is 35.3 Å². The highest BCUT2D eigenvalue weighted by Gasteiger charge is 2.56. The summed E-state index contributed by atoms with van der Waals surface area (Å²) in [5, 5.41) is 19.7. The summed E-state index contributed by atoms with van der Waals surface area (Å²) < 4.78 is 46.5. The van der Waals surface area contributed by atoms with Gasteiger partial charge in [0, 0.05) is 33.4 Å². The van der Waals surface area contributed by atoms with Crippen molar-refractivity contribution in [3.63, 3.8) is 0 Å². The molecule has 0 spiro atoms. The number of rotatable bonds is 9. The van der Waals surface area contributed by atoms with Gasteiger partial charge in [-0.25, -0.2) is 4.79 Å². The number of ether oxygens (including phenoxy) is 1. The molecule has 2 aliphatic rings. The predicted octanol–water partition coefficient (Wildman–Crippen LogP) is 5.11. The van der Waals surface area contributed by atoms with Crippen LogP contribution in [0.4, 0.5) is 18.0 Å². The number of aliphatic hydroxyl groups is 2. The van der Waals surface area contributed by atoms with Crippen molar-refractivity contribution in [2.45, 2.75) is 70.8 Å². The molecule has 2 aromatic carbocycles. The maximum Gasteiger partial charge on any atom is 0.416 e. The van der Waals surface area contributed by atoms with Gasteiger partial charge in [-0.3, -0.25) is 4.79 Å². The molecule has 2 aliphatic heterocycles. The maximum atomic E-state index is 14.3. The standard InChI is InChI=1S/C32H42F3N3O5/c1-6-22-16-23(18-24(17-22)32(33,34)35)21(3)36(4)30(42)38-12-11-37-27(19-31(9-13-39,10-14-40)29(37)41)28(38)26-8-7-25(43-5)15-20(26)2/h7-8,15-18,21,27-28,39-40H,6,9-14,19H2,1-5H3/t21-,27+,28+/m1/s1. The lowest BCUT2D eigenvalue weighted by atomic mass is 9.77. The van der Waals surface area contributed by atoms with Crippen LogP contribution in [0.25, 0.3) is 0 Å². The van der Waals surface area contributed by atoms with E-state index >= 15 is 0 Å². The number of amides is 3. The number of urea groups is 1. The van der Waals surface area contributed by atoms with Crippen molar-refractivity contribution < 1.29 is 37.7 Å². The first-order valence-corrected chi connectivity index (χ1v) is 14.7. The summed E-state index contributed by atoms with van der Waals surface area (Å²) in [5.74, 6) is 0.507. The predicted molar refractivity (Wildman–Crippen MR) is 156 cm³/mol. The van der Waals surface area contributed by atoms with E-state index in [-0.39, 0.29) is 51.1 Å². The summed E-state index contributed by atoms with van der Waals surface area (Å²) in [7, 11) is 3.15. The number of benzene rings is 2. The number of nitrogens with zero attached hydrogens (tertiary/aromatic N) is 3. The van der Waals surface area contributed by atoms with Crippen LogP contribution in [0.3, 0.4) is 0 Å². The van der Waals surface area contributed by atoms with E-state index in [1.165, 1.54) is 4.90 Å². The van der Waals surface area contributed by atoms with Crippen LogP contribution in [0, 0.1) is 12.3 Å². The van der Waals surface area contributed by atoms with Gasteiger partial charge in [0.2, 0.25) is 5.91 Å². The number of aryl methyl sites for hydroxylation is 2. The Hall–Kier alpha value is -3.31. The van der Waals surface area contributed by atoms with Crippen LogP contribution < -0.4 is 4.74 Å². The molecule has 2 heterocycles. The topological polar surface area (TPSA) is 93.6 Å². The van der Waals surface area contributed by atoms with Crippen molar-refractivity contribution in [1.82, 2.24) is 14.7 Å². The highest BCUT2D eigenvalue weighted by atomic mass is 19.4. The first-order valence-electron chi connectivity index (χ1n) is 14.7. The quantitative estimate of drug-likeness (QED) is 0.415. The Morgan fingerprint density at radius 1 is 1.14 bits per heavy atom. The third-order valence-corrected chi connectivity index (χ3v) is 9.33. The molecule has 8 nitrogen and oxygen atoms in total. The zero-order valence-electron chi connectivity index (χ0n) is 25.4. The zero-order chi connectivity index (χ0) is 31.7. The van der Waals surface area contributed by atoms with Crippen molar-refractivity contribution in [1.29, 1.82) is 0 Å². The summed E-state index contributed by atoms with van der Waals surface area (Å²) in [6.45, 7) is 5.47. The summed E-state index contributed by atoms with van der Waals surface area (Å²) in [5.41, 5.74) is 0.919. The average Bonchev–Trinajstić information content (AvgIpc) is 3.25. The molecule has 3 amide bonds. The van der Waals surface area contributed by atoms with Crippen LogP contribution in [0.5, 0.6) is 5.75 Å². The number of halogens is 3. The van der Waals surface area contributed by atoms with E-state index in [2.05, 4.69) is 0 Å². The number of carbonyl (C=O) groups is 2. The molecule has 236 valence electrons. The molecule has 43 heavy (non-hydrogen) atoms. The molecule has 11 heteroatoms. The summed E-state index contributed by atoms with van der Waals surface area (Å²) >= 11 is 0. The van der Waals surface area contributed by atoms with E-state index in [9.17, 15) is 33.0 Å². The number of carbonyl (C=O) groups excluding carboxylic acids is 2. The Morgan fingerprint density at radius 2 is 1.81 bits per heavy atom. The lowest BCUT2D eigenvalue weighted by molar-refractivity contribution is -0.140. The van der Waals surface area contributed by atoms with Crippen LogP contribution in [-0.2, 0) is 17.4 Å². The lowest BCUT2D eigenvalue weighted by Crippen LogP contribution is -2.57. The highest BCUT2D eigenvalue weighted by molar-refractivity contribution is 5.86. The Balaban J connectivity index is 1.75. The molecule has 2 saturated heterocycles. The number of methoxy groups -OCH3 is 1. The van der Waals surface area contributed by atoms with E-state index in [0.29, 0.717) is 29.7 Å². The van der Waals surface area contributed by atoms with E-state index in [0.717, 1.165) is 23.3 Å². The van der Waals surface area contributed by atoms with E-state index in [4.69, 9.17) is 4.74 Å². The van der Waals surface area contributed by atoms with Gasteiger partial charge >= 0.3 is 12.2 Å². The molecule has 2 aromatic rings. The SMILES string of the molecule is CCc1cc([C@@H](C)N(C)C(=O)N2CCN3C(=O)C(CCO)(CCO)C[C@H]3[C@@H]2c2ccc(OC)cc2C)cc(C(F)(F)F)c1. The smallest absolute Gasteiger partial charge is 0.416 e. The third kappa shape index (κ3) is 6.20. The van der Waals surface area contributed by atoms with E-state index in [1.807, 2.05) is 19.1 Å². The molecule has 0 aromatic heterocycles. The minimum Gasteiger partial charge on any atom is -0.497 e. The second kappa shape index (κ2) is 12.7. The monoisotopic (exact) mass is 605 g/mol. The van der Waals surface area contributed by atoms with Crippen LogP contribution in [-0.4, -0.2) is 83.4 Å².